The molecule has 5 heteroatoms. The fourth-order valence-corrected chi connectivity index (χ4v) is 3.92. The lowest BCUT2D eigenvalue weighted by Crippen LogP contribution is -1.87. The van der Waals surface area contributed by atoms with Gasteiger partial charge in [0.15, 0.2) is 0 Å². The Hall–Kier alpha value is -3.99. The van der Waals surface area contributed by atoms with Crippen molar-refractivity contribution in [2.45, 2.75) is 0 Å². The highest BCUT2D eigenvalue weighted by atomic mass is 15.3. The third kappa shape index (κ3) is 2.16. The van der Waals surface area contributed by atoms with E-state index >= 15 is 0 Å². The largest absolute Gasteiger partial charge is 0.355 e. The van der Waals surface area contributed by atoms with E-state index in [4.69, 9.17) is 0 Å². The van der Waals surface area contributed by atoms with Crippen molar-refractivity contribution in [3.8, 4) is 22.5 Å². The summed E-state index contributed by atoms with van der Waals surface area (Å²) in [5.74, 6) is 0. The summed E-state index contributed by atoms with van der Waals surface area (Å²) >= 11 is 0. The van der Waals surface area contributed by atoms with Crippen LogP contribution in [0.15, 0.2) is 79.0 Å². The molecule has 0 saturated heterocycles. The molecular formula is C23H15N5. The van der Waals surface area contributed by atoms with Crippen LogP contribution in [0.4, 0.5) is 0 Å². The van der Waals surface area contributed by atoms with Gasteiger partial charge in [0, 0.05) is 44.5 Å². The number of H-pyrrole nitrogens is 2. The smallest absolute Gasteiger partial charge is 0.121 e. The number of hydrogen-bond donors (Lipinski definition) is 2. The maximum absolute atomic E-state index is 4.47. The quantitative estimate of drug-likeness (QED) is 0.438. The van der Waals surface area contributed by atoms with Crippen LogP contribution in [0.3, 0.4) is 0 Å². The minimum Gasteiger partial charge on any atom is -0.355 e. The fourth-order valence-electron chi connectivity index (χ4n) is 3.92. The van der Waals surface area contributed by atoms with Gasteiger partial charge in [-0.25, -0.2) is 0 Å². The molecule has 0 fully saturated rings. The summed E-state index contributed by atoms with van der Waals surface area (Å²) in [7, 11) is 0. The summed E-state index contributed by atoms with van der Waals surface area (Å²) in [6.45, 7) is 0. The van der Waals surface area contributed by atoms with Crippen molar-refractivity contribution in [2.24, 2.45) is 0 Å². The minimum atomic E-state index is 0.831. The van der Waals surface area contributed by atoms with Gasteiger partial charge in [-0.15, -0.1) is 0 Å². The molecule has 3 aromatic carbocycles. The number of pyridine rings is 1. The maximum atomic E-state index is 4.47. The SMILES string of the molecule is c1ccc2c(-c3n[nH]nc3-c3ccc4[nH]c5ccccc5c4c3)ccnc2c1. The predicted molar refractivity (Wildman–Crippen MR) is 112 cm³/mol. The lowest BCUT2D eigenvalue weighted by atomic mass is 10.0. The number of rotatable bonds is 2. The second-order valence-corrected chi connectivity index (χ2v) is 6.83. The number of nitrogens with zero attached hydrogens (tertiary/aromatic N) is 3. The number of benzene rings is 3. The molecule has 2 N–H and O–H groups in total. The van der Waals surface area contributed by atoms with E-state index in [2.05, 4.69) is 67.8 Å². The van der Waals surface area contributed by atoms with Crippen LogP contribution in [-0.4, -0.2) is 25.4 Å². The Morgan fingerprint density at radius 3 is 2.39 bits per heavy atom. The van der Waals surface area contributed by atoms with Crippen molar-refractivity contribution in [1.82, 2.24) is 25.4 Å². The van der Waals surface area contributed by atoms with E-state index in [9.17, 15) is 0 Å². The Balaban J connectivity index is 1.59. The third-order valence-electron chi connectivity index (χ3n) is 5.23. The lowest BCUT2D eigenvalue weighted by Gasteiger charge is -2.05. The number of hydrogen-bond acceptors (Lipinski definition) is 3. The van der Waals surface area contributed by atoms with Crippen molar-refractivity contribution in [1.29, 1.82) is 0 Å². The predicted octanol–water partition coefficient (Wildman–Crippen LogP) is 5.32. The topological polar surface area (TPSA) is 70.2 Å². The monoisotopic (exact) mass is 361 g/mol. The van der Waals surface area contributed by atoms with E-state index < -0.39 is 0 Å². The second kappa shape index (κ2) is 5.76. The number of para-hydroxylation sites is 2. The Labute approximate surface area is 160 Å². The minimum absolute atomic E-state index is 0.831. The Morgan fingerprint density at radius 2 is 1.43 bits per heavy atom. The second-order valence-electron chi connectivity index (χ2n) is 6.83. The van der Waals surface area contributed by atoms with Crippen LogP contribution in [-0.2, 0) is 0 Å². The molecular weight excluding hydrogens is 346 g/mol. The zero-order chi connectivity index (χ0) is 18.5. The molecule has 0 aliphatic carbocycles. The van der Waals surface area contributed by atoms with Gasteiger partial charge in [0.1, 0.15) is 11.4 Å². The molecule has 28 heavy (non-hydrogen) atoms. The molecule has 3 heterocycles. The van der Waals surface area contributed by atoms with E-state index in [1.54, 1.807) is 0 Å². The van der Waals surface area contributed by atoms with Crippen molar-refractivity contribution >= 4 is 32.7 Å². The molecule has 0 amide bonds. The Kier molecular flexibility index (Phi) is 3.10. The first-order valence-electron chi connectivity index (χ1n) is 9.14. The summed E-state index contributed by atoms with van der Waals surface area (Å²) < 4.78 is 0. The molecule has 0 aliphatic rings. The van der Waals surface area contributed by atoms with Gasteiger partial charge in [-0.05, 0) is 30.3 Å². The van der Waals surface area contributed by atoms with Crippen molar-refractivity contribution in [3.05, 3.63) is 79.0 Å². The highest BCUT2D eigenvalue weighted by Gasteiger charge is 2.16. The van der Waals surface area contributed by atoms with Crippen LogP contribution in [0.1, 0.15) is 0 Å². The van der Waals surface area contributed by atoms with Gasteiger partial charge in [-0.3, -0.25) is 4.98 Å². The average molecular weight is 361 g/mol. The van der Waals surface area contributed by atoms with E-state index in [0.29, 0.717) is 0 Å². The molecule has 0 aliphatic heterocycles. The summed E-state index contributed by atoms with van der Waals surface area (Å²) in [5.41, 5.74) is 6.91. The highest BCUT2D eigenvalue weighted by molar-refractivity contribution is 6.08. The van der Waals surface area contributed by atoms with E-state index in [1.165, 1.54) is 10.8 Å². The van der Waals surface area contributed by atoms with Gasteiger partial charge in [-0.1, -0.05) is 42.5 Å². The normalized spacial score (nSPS) is 11.6. The van der Waals surface area contributed by atoms with Crippen molar-refractivity contribution in [3.63, 3.8) is 0 Å². The summed E-state index contributed by atoms with van der Waals surface area (Å²) in [4.78, 5) is 7.93. The fraction of sp³-hybridized carbons (Fsp3) is 0. The maximum Gasteiger partial charge on any atom is 0.121 e. The van der Waals surface area contributed by atoms with Crippen LogP contribution in [0.5, 0.6) is 0 Å². The summed E-state index contributed by atoms with van der Waals surface area (Å²) in [6.07, 6.45) is 1.82. The summed E-state index contributed by atoms with van der Waals surface area (Å²) in [6, 6.07) is 24.8. The van der Waals surface area contributed by atoms with Crippen LogP contribution in [0.25, 0.3) is 55.2 Å². The molecule has 0 unspecified atom stereocenters. The Morgan fingerprint density at radius 1 is 0.643 bits per heavy atom. The van der Waals surface area contributed by atoms with E-state index in [1.807, 2.05) is 36.5 Å². The number of fused-ring (bicyclic) bond motifs is 4. The molecule has 132 valence electrons. The van der Waals surface area contributed by atoms with Crippen LogP contribution < -0.4 is 0 Å². The molecule has 0 bridgehead atoms. The molecule has 6 rings (SSSR count). The van der Waals surface area contributed by atoms with Gasteiger partial charge >= 0.3 is 0 Å². The summed E-state index contributed by atoms with van der Waals surface area (Å²) in [5, 5.41) is 15.2. The van der Waals surface area contributed by atoms with E-state index in [-0.39, 0.29) is 0 Å². The molecule has 3 aromatic heterocycles. The first-order valence-corrected chi connectivity index (χ1v) is 9.14. The molecule has 0 saturated carbocycles. The van der Waals surface area contributed by atoms with Gasteiger partial charge in [0.05, 0.1) is 5.52 Å². The number of aromatic amines is 2. The average Bonchev–Trinajstić information content (AvgIpc) is 3.37. The van der Waals surface area contributed by atoms with Crippen LogP contribution >= 0.6 is 0 Å². The van der Waals surface area contributed by atoms with Crippen molar-refractivity contribution in [2.75, 3.05) is 0 Å². The standard InChI is InChI=1S/C23H15N5/c1-3-7-19-15(5-1)17(11-12-24-19)23-22(26-28-27-23)14-9-10-21-18(13-14)16-6-2-4-8-20(16)25-21/h1-13,25H,(H,26,27,28). The van der Waals surface area contributed by atoms with E-state index in [0.717, 1.165) is 44.5 Å². The van der Waals surface area contributed by atoms with Gasteiger partial charge in [-0.2, -0.15) is 15.4 Å². The van der Waals surface area contributed by atoms with Gasteiger partial charge < -0.3 is 4.98 Å². The van der Waals surface area contributed by atoms with Crippen LogP contribution in [0, 0.1) is 0 Å². The van der Waals surface area contributed by atoms with Gasteiger partial charge in [0.2, 0.25) is 0 Å². The number of aromatic nitrogens is 5. The first-order chi connectivity index (χ1) is 13.9. The van der Waals surface area contributed by atoms with Crippen LogP contribution in [0.2, 0.25) is 0 Å². The third-order valence-corrected chi connectivity index (χ3v) is 5.23. The molecule has 0 atom stereocenters. The molecule has 6 aromatic rings. The zero-order valence-electron chi connectivity index (χ0n) is 14.8. The highest BCUT2D eigenvalue weighted by Crippen LogP contribution is 2.35. The van der Waals surface area contributed by atoms with Gasteiger partial charge in [0.25, 0.3) is 0 Å². The molecule has 0 radical (unpaired) electrons. The first kappa shape index (κ1) is 15.1. The molecule has 0 spiro atoms. The van der Waals surface area contributed by atoms with Crippen molar-refractivity contribution < 1.29 is 0 Å². The zero-order valence-corrected chi connectivity index (χ0v) is 14.8. The Bertz CT molecular complexity index is 1470. The molecule has 5 nitrogen and oxygen atoms in total. The number of nitrogens with one attached hydrogen (secondary N) is 2. The lowest BCUT2D eigenvalue weighted by molar-refractivity contribution is 0.944.